The fraction of sp³-hybridized carbons (Fsp3) is 0.154. The molecule has 0 spiro atoms. The molecule has 0 atom stereocenters. The second kappa shape index (κ2) is 6.70. The Morgan fingerprint density at radius 3 is 2.74 bits per heavy atom. The van der Waals surface area contributed by atoms with E-state index in [1.807, 2.05) is 18.2 Å². The van der Waals surface area contributed by atoms with Gasteiger partial charge in [-0.1, -0.05) is 23.7 Å². The Kier molecular flexibility index (Phi) is 4.69. The van der Waals surface area contributed by atoms with Gasteiger partial charge < -0.3 is 0 Å². The lowest BCUT2D eigenvalue weighted by molar-refractivity contribution is -0.120. The summed E-state index contributed by atoms with van der Waals surface area (Å²) >= 11 is 5.87. The fourth-order valence-electron chi connectivity index (χ4n) is 1.50. The average Bonchev–Trinajstić information content (AvgIpc) is 2.44. The lowest BCUT2D eigenvalue weighted by Crippen LogP contribution is -2.30. The first-order chi connectivity index (χ1) is 9.24. The monoisotopic (exact) mass is 276 g/mol. The van der Waals surface area contributed by atoms with Gasteiger partial charge in [0, 0.05) is 23.8 Å². The zero-order valence-electron chi connectivity index (χ0n) is 10.1. The normalized spacial score (nSPS) is 9.95. The van der Waals surface area contributed by atoms with Crippen LogP contribution in [0.15, 0.2) is 42.7 Å². The van der Waals surface area contributed by atoms with Crippen LogP contribution in [0.1, 0.15) is 12.0 Å². The molecule has 0 bridgehead atoms. The molecule has 1 amide bonds. The summed E-state index contributed by atoms with van der Waals surface area (Å²) in [5.41, 5.74) is 6.21. The van der Waals surface area contributed by atoms with Crippen molar-refractivity contribution in [1.29, 1.82) is 0 Å². The average molecular weight is 277 g/mol. The number of nitrogens with one attached hydrogen (secondary N) is 2. The number of benzene rings is 1. The van der Waals surface area contributed by atoms with Crippen molar-refractivity contribution in [2.24, 2.45) is 0 Å². The van der Waals surface area contributed by atoms with E-state index in [4.69, 9.17) is 11.6 Å². The van der Waals surface area contributed by atoms with Crippen LogP contribution in [0, 0.1) is 0 Å². The fourth-order valence-corrected chi connectivity index (χ4v) is 1.71. The van der Waals surface area contributed by atoms with Crippen molar-refractivity contribution in [1.82, 2.24) is 15.4 Å². The Labute approximate surface area is 116 Å². The number of rotatable bonds is 5. The first-order valence-corrected chi connectivity index (χ1v) is 6.18. The maximum absolute atomic E-state index is 11.6. The maximum atomic E-state index is 11.6. The number of amides is 1. The molecule has 0 radical (unpaired) electrons. The summed E-state index contributed by atoms with van der Waals surface area (Å²) in [5.74, 6) is 0.228. The standard InChI is InChI=1S/C13H13ClN4O/c14-11-4-1-3-10(9-11)5-6-12(19)17-18-13-15-7-2-8-16-13/h1-4,7-9H,5-6H2,(H,17,19)(H,15,16,18). The first-order valence-electron chi connectivity index (χ1n) is 5.80. The van der Waals surface area contributed by atoms with E-state index >= 15 is 0 Å². The van der Waals surface area contributed by atoms with E-state index in [0.29, 0.717) is 23.8 Å². The van der Waals surface area contributed by atoms with Crippen LogP contribution in [0.2, 0.25) is 5.02 Å². The molecule has 1 heterocycles. The van der Waals surface area contributed by atoms with Crippen molar-refractivity contribution >= 4 is 23.5 Å². The summed E-state index contributed by atoms with van der Waals surface area (Å²) in [5, 5.41) is 0.675. The minimum Gasteiger partial charge on any atom is -0.273 e. The van der Waals surface area contributed by atoms with Gasteiger partial charge in [-0.2, -0.15) is 0 Å². The van der Waals surface area contributed by atoms with E-state index in [2.05, 4.69) is 20.8 Å². The molecule has 0 unspecified atom stereocenters. The maximum Gasteiger partial charge on any atom is 0.241 e. The summed E-state index contributed by atoms with van der Waals surface area (Å²) in [4.78, 5) is 19.5. The van der Waals surface area contributed by atoms with Crippen LogP contribution in [0.25, 0.3) is 0 Å². The highest BCUT2D eigenvalue weighted by Gasteiger charge is 2.03. The Morgan fingerprint density at radius 2 is 2.00 bits per heavy atom. The quantitative estimate of drug-likeness (QED) is 0.822. The largest absolute Gasteiger partial charge is 0.273 e. The number of hydrazine groups is 1. The molecule has 2 aromatic rings. The molecule has 0 aliphatic heterocycles. The van der Waals surface area contributed by atoms with Crippen LogP contribution >= 0.6 is 11.6 Å². The van der Waals surface area contributed by atoms with Gasteiger partial charge in [0.2, 0.25) is 11.9 Å². The lowest BCUT2D eigenvalue weighted by atomic mass is 10.1. The van der Waals surface area contributed by atoms with Crippen molar-refractivity contribution in [3.05, 3.63) is 53.3 Å². The Hall–Kier alpha value is -2.14. The molecular weight excluding hydrogens is 264 g/mol. The van der Waals surface area contributed by atoms with E-state index in [0.717, 1.165) is 5.56 Å². The van der Waals surface area contributed by atoms with Gasteiger partial charge in [0.15, 0.2) is 0 Å². The number of hydrogen-bond donors (Lipinski definition) is 2. The number of carbonyl (C=O) groups excluding carboxylic acids is 1. The van der Waals surface area contributed by atoms with Crippen LogP contribution in [0.3, 0.4) is 0 Å². The molecular formula is C13H13ClN4O. The molecule has 0 aliphatic rings. The second-order valence-electron chi connectivity index (χ2n) is 3.88. The Balaban J connectivity index is 1.76. The Bertz CT molecular complexity index is 547. The van der Waals surface area contributed by atoms with Gasteiger partial charge >= 0.3 is 0 Å². The summed E-state index contributed by atoms with van der Waals surface area (Å²) in [7, 11) is 0. The molecule has 0 saturated heterocycles. The third-order valence-electron chi connectivity index (χ3n) is 2.41. The van der Waals surface area contributed by atoms with Crippen LogP contribution in [-0.2, 0) is 11.2 Å². The van der Waals surface area contributed by atoms with Crippen LogP contribution in [0.5, 0.6) is 0 Å². The molecule has 0 aliphatic carbocycles. The minimum absolute atomic E-state index is 0.132. The highest BCUT2D eigenvalue weighted by molar-refractivity contribution is 6.30. The molecule has 1 aromatic carbocycles. The van der Waals surface area contributed by atoms with Gasteiger partial charge in [-0.15, -0.1) is 0 Å². The number of nitrogens with zero attached hydrogens (tertiary/aromatic N) is 2. The van der Waals surface area contributed by atoms with Gasteiger partial charge in [-0.05, 0) is 30.2 Å². The zero-order chi connectivity index (χ0) is 13.5. The molecule has 98 valence electrons. The van der Waals surface area contributed by atoms with Crippen molar-refractivity contribution in [3.8, 4) is 0 Å². The van der Waals surface area contributed by atoms with Gasteiger partial charge in [0.1, 0.15) is 0 Å². The lowest BCUT2D eigenvalue weighted by Gasteiger charge is -2.06. The molecule has 6 heteroatoms. The zero-order valence-corrected chi connectivity index (χ0v) is 10.9. The van der Waals surface area contributed by atoms with E-state index in [9.17, 15) is 4.79 Å². The number of hydrogen-bond acceptors (Lipinski definition) is 4. The number of aromatic nitrogens is 2. The number of aryl methyl sites for hydroxylation is 1. The summed E-state index contributed by atoms with van der Waals surface area (Å²) < 4.78 is 0. The third-order valence-corrected chi connectivity index (χ3v) is 2.64. The second-order valence-corrected chi connectivity index (χ2v) is 4.31. The summed E-state index contributed by atoms with van der Waals surface area (Å²) in [6.07, 6.45) is 4.17. The van der Waals surface area contributed by atoms with Crippen molar-refractivity contribution in [2.75, 3.05) is 5.43 Å². The van der Waals surface area contributed by atoms with E-state index < -0.39 is 0 Å². The molecule has 1 aromatic heterocycles. The van der Waals surface area contributed by atoms with Crippen LogP contribution in [0.4, 0.5) is 5.95 Å². The van der Waals surface area contributed by atoms with Gasteiger partial charge in [0.05, 0.1) is 0 Å². The number of carbonyl (C=O) groups is 1. The van der Waals surface area contributed by atoms with Crippen LogP contribution in [-0.4, -0.2) is 15.9 Å². The van der Waals surface area contributed by atoms with Crippen LogP contribution < -0.4 is 10.9 Å². The van der Waals surface area contributed by atoms with Crippen molar-refractivity contribution < 1.29 is 4.79 Å². The van der Waals surface area contributed by atoms with E-state index in [1.54, 1.807) is 24.5 Å². The predicted octanol–water partition coefficient (Wildman–Crippen LogP) is 2.21. The smallest absolute Gasteiger partial charge is 0.241 e. The van der Waals surface area contributed by atoms with Crippen molar-refractivity contribution in [2.45, 2.75) is 12.8 Å². The molecule has 0 fully saturated rings. The highest BCUT2D eigenvalue weighted by atomic mass is 35.5. The summed E-state index contributed by atoms with van der Waals surface area (Å²) in [6.45, 7) is 0. The number of anilines is 1. The van der Waals surface area contributed by atoms with Gasteiger partial charge in [0.25, 0.3) is 0 Å². The van der Waals surface area contributed by atoms with Crippen molar-refractivity contribution in [3.63, 3.8) is 0 Å². The van der Waals surface area contributed by atoms with E-state index in [-0.39, 0.29) is 5.91 Å². The highest BCUT2D eigenvalue weighted by Crippen LogP contribution is 2.11. The molecule has 2 rings (SSSR count). The third kappa shape index (κ3) is 4.56. The number of halogens is 1. The minimum atomic E-state index is -0.132. The van der Waals surface area contributed by atoms with Gasteiger partial charge in [-0.25, -0.2) is 9.97 Å². The first kappa shape index (κ1) is 13.3. The molecule has 2 N–H and O–H groups in total. The SMILES string of the molecule is O=C(CCc1cccc(Cl)c1)NNc1ncccn1. The van der Waals surface area contributed by atoms with E-state index in [1.165, 1.54) is 0 Å². The molecule has 5 nitrogen and oxygen atoms in total. The molecule has 0 saturated carbocycles. The molecule has 19 heavy (non-hydrogen) atoms. The topological polar surface area (TPSA) is 66.9 Å². The summed E-state index contributed by atoms with van der Waals surface area (Å²) in [6, 6.07) is 9.16. The van der Waals surface area contributed by atoms with Gasteiger partial charge in [-0.3, -0.25) is 15.6 Å². The Morgan fingerprint density at radius 1 is 1.21 bits per heavy atom. The predicted molar refractivity (Wildman–Crippen MR) is 73.6 cm³/mol.